The molecular weight excluding hydrogens is 384 g/mol. The molecule has 0 unspecified atom stereocenters. The number of anilines is 2. The Kier molecular flexibility index (Phi) is 5.66. The van der Waals surface area contributed by atoms with Gasteiger partial charge in [0, 0.05) is 11.7 Å². The third-order valence-corrected chi connectivity index (χ3v) is 6.03. The van der Waals surface area contributed by atoms with Crippen molar-refractivity contribution in [3.05, 3.63) is 48.0 Å². The van der Waals surface area contributed by atoms with E-state index in [1.54, 1.807) is 0 Å². The van der Waals surface area contributed by atoms with Crippen molar-refractivity contribution in [3.8, 4) is 11.8 Å². The average Bonchev–Trinajstić information content (AvgIpc) is 3.04. The van der Waals surface area contributed by atoms with Gasteiger partial charge in [-0.1, -0.05) is 20.8 Å². The molecule has 0 saturated heterocycles. The first-order valence-corrected chi connectivity index (χ1v) is 11.2. The molecule has 5 nitrogen and oxygen atoms in total. The Hall–Kier alpha value is -3.00. The molecule has 0 amide bonds. The van der Waals surface area contributed by atoms with Crippen molar-refractivity contribution < 1.29 is 4.74 Å². The Morgan fingerprint density at radius 1 is 1.16 bits per heavy atom. The van der Waals surface area contributed by atoms with Crippen LogP contribution in [0.5, 0.6) is 5.75 Å². The molecule has 1 saturated carbocycles. The van der Waals surface area contributed by atoms with Crippen LogP contribution in [0.15, 0.2) is 42.5 Å². The minimum atomic E-state index is 0.147. The van der Waals surface area contributed by atoms with Crippen LogP contribution in [0.4, 0.5) is 11.6 Å². The molecular formula is C26H32N4O. The fourth-order valence-electron chi connectivity index (χ4n) is 5.14. The number of benzene rings is 2. The van der Waals surface area contributed by atoms with E-state index in [1.165, 1.54) is 6.42 Å². The molecule has 1 aliphatic rings. The van der Waals surface area contributed by atoms with Gasteiger partial charge in [0.25, 0.3) is 0 Å². The molecule has 0 aliphatic heterocycles. The smallest absolute Gasteiger partial charge is 0.208 e. The third-order valence-electron chi connectivity index (χ3n) is 6.03. The van der Waals surface area contributed by atoms with Crippen molar-refractivity contribution in [2.45, 2.75) is 66.0 Å². The molecule has 2 aromatic carbocycles. The van der Waals surface area contributed by atoms with Gasteiger partial charge in [-0.3, -0.25) is 0 Å². The standard InChI is InChI=1S/C26H32N4O/c1-17(2)31-22-9-7-20(8-10-22)28-25-29-23-13-19(16-27)6-11-24(23)30(25)21-12-18(3)14-26(4,5)15-21/h6-11,13,17-18,21H,12,14-15H2,1-5H3,(H,28,29)/t18-,21+/m0/s1. The second-order valence-corrected chi connectivity index (χ2v) is 10.0. The summed E-state index contributed by atoms with van der Waals surface area (Å²) in [5.41, 5.74) is 3.83. The van der Waals surface area contributed by atoms with Crippen LogP contribution in [-0.2, 0) is 0 Å². The lowest BCUT2D eigenvalue weighted by Gasteiger charge is -2.40. The molecule has 162 valence electrons. The minimum Gasteiger partial charge on any atom is -0.491 e. The summed E-state index contributed by atoms with van der Waals surface area (Å²) in [4.78, 5) is 4.90. The molecule has 5 heteroatoms. The fraction of sp³-hybridized carbons (Fsp3) is 0.462. The van der Waals surface area contributed by atoms with Crippen molar-refractivity contribution in [1.82, 2.24) is 9.55 Å². The molecule has 3 aromatic rings. The van der Waals surface area contributed by atoms with Gasteiger partial charge >= 0.3 is 0 Å². The van der Waals surface area contributed by atoms with Crippen LogP contribution in [0.2, 0.25) is 0 Å². The molecule has 0 bridgehead atoms. The number of nitrogens with zero attached hydrogens (tertiary/aromatic N) is 3. The highest BCUT2D eigenvalue weighted by Gasteiger charge is 2.34. The first-order chi connectivity index (χ1) is 14.7. The molecule has 1 aromatic heterocycles. The van der Waals surface area contributed by atoms with Gasteiger partial charge < -0.3 is 14.6 Å². The topological polar surface area (TPSA) is 62.9 Å². The van der Waals surface area contributed by atoms with Gasteiger partial charge in [0.1, 0.15) is 5.75 Å². The van der Waals surface area contributed by atoms with Crippen LogP contribution < -0.4 is 10.1 Å². The maximum absolute atomic E-state index is 9.34. The summed E-state index contributed by atoms with van der Waals surface area (Å²) < 4.78 is 8.12. The number of hydrogen-bond donors (Lipinski definition) is 1. The number of nitrogens with one attached hydrogen (secondary N) is 1. The molecule has 31 heavy (non-hydrogen) atoms. The molecule has 2 atom stereocenters. The monoisotopic (exact) mass is 416 g/mol. The molecule has 1 N–H and O–H groups in total. The summed E-state index contributed by atoms with van der Waals surface area (Å²) in [7, 11) is 0. The predicted molar refractivity (Wildman–Crippen MR) is 126 cm³/mol. The lowest BCUT2D eigenvalue weighted by molar-refractivity contribution is 0.140. The van der Waals surface area contributed by atoms with Crippen LogP contribution in [0.1, 0.15) is 65.5 Å². The molecule has 1 aliphatic carbocycles. The summed E-state index contributed by atoms with van der Waals surface area (Å²) in [6.45, 7) is 11.1. The Labute approximate surface area is 185 Å². The SMILES string of the molecule is CC(C)Oc1ccc(Nc2nc3cc(C#N)ccc3n2[C@@H]2C[C@H](C)CC(C)(C)C2)cc1. The number of rotatable bonds is 5. The van der Waals surface area contributed by atoms with Crippen molar-refractivity contribution in [2.75, 3.05) is 5.32 Å². The van der Waals surface area contributed by atoms with Crippen molar-refractivity contribution >= 4 is 22.7 Å². The van der Waals surface area contributed by atoms with Gasteiger partial charge in [-0.25, -0.2) is 4.98 Å². The van der Waals surface area contributed by atoms with E-state index < -0.39 is 0 Å². The van der Waals surface area contributed by atoms with Crippen LogP contribution in [-0.4, -0.2) is 15.7 Å². The second-order valence-electron chi connectivity index (χ2n) is 10.0. The van der Waals surface area contributed by atoms with E-state index in [0.29, 0.717) is 22.9 Å². The zero-order chi connectivity index (χ0) is 22.2. The van der Waals surface area contributed by atoms with Gasteiger partial charge in [-0.2, -0.15) is 5.26 Å². The third kappa shape index (κ3) is 4.69. The van der Waals surface area contributed by atoms with Gasteiger partial charge in [0.2, 0.25) is 5.95 Å². The first-order valence-electron chi connectivity index (χ1n) is 11.2. The van der Waals surface area contributed by atoms with Crippen molar-refractivity contribution in [3.63, 3.8) is 0 Å². The zero-order valence-corrected chi connectivity index (χ0v) is 19.1. The first kappa shape index (κ1) is 21.2. The Morgan fingerprint density at radius 3 is 2.55 bits per heavy atom. The van der Waals surface area contributed by atoms with E-state index in [-0.39, 0.29) is 6.10 Å². The summed E-state index contributed by atoms with van der Waals surface area (Å²) in [6.07, 6.45) is 3.63. The van der Waals surface area contributed by atoms with Gasteiger partial charge in [-0.15, -0.1) is 0 Å². The second kappa shape index (κ2) is 8.26. The van der Waals surface area contributed by atoms with E-state index in [1.807, 2.05) is 56.3 Å². The number of fused-ring (bicyclic) bond motifs is 1. The Bertz CT molecular complexity index is 1100. The van der Waals surface area contributed by atoms with Crippen molar-refractivity contribution in [2.24, 2.45) is 11.3 Å². The fourth-order valence-corrected chi connectivity index (χ4v) is 5.14. The zero-order valence-electron chi connectivity index (χ0n) is 19.1. The van der Waals surface area contributed by atoms with E-state index in [9.17, 15) is 5.26 Å². The number of ether oxygens (including phenoxy) is 1. The van der Waals surface area contributed by atoms with Crippen LogP contribution >= 0.6 is 0 Å². The molecule has 0 spiro atoms. The number of aromatic nitrogens is 2. The predicted octanol–water partition coefficient (Wildman–Crippen LogP) is 6.83. The van der Waals surface area contributed by atoms with E-state index in [2.05, 4.69) is 36.7 Å². The molecule has 1 fully saturated rings. The highest BCUT2D eigenvalue weighted by atomic mass is 16.5. The van der Waals surface area contributed by atoms with E-state index in [0.717, 1.165) is 41.3 Å². The maximum Gasteiger partial charge on any atom is 0.208 e. The van der Waals surface area contributed by atoms with E-state index >= 15 is 0 Å². The molecule has 1 heterocycles. The summed E-state index contributed by atoms with van der Waals surface area (Å²) in [6, 6.07) is 16.4. The Morgan fingerprint density at radius 2 is 1.90 bits per heavy atom. The van der Waals surface area contributed by atoms with Gasteiger partial charge in [0.05, 0.1) is 28.8 Å². The van der Waals surface area contributed by atoms with Crippen LogP contribution in [0, 0.1) is 22.7 Å². The number of imidazole rings is 1. The lowest BCUT2D eigenvalue weighted by atomic mass is 9.70. The quantitative estimate of drug-likeness (QED) is 0.495. The summed E-state index contributed by atoms with van der Waals surface area (Å²) in [5.74, 6) is 2.35. The Balaban J connectivity index is 1.73. The normalized spacial score (nSPS) is 20.5. The maximum atomic E-state index is 9.34. The molecule has 0 radical (unpaired) electrons. The summed E-state index contributed by atoms with van der Waals surface area (Å²) in [5, 5.41) is 12.9. The van der Waals surface area contributed by atoms with Crippen LogP contribution in [0.3, 0.4) is 0 Å². The van der Waals surface area contributed by atoms with Crippen molar-refractivity contribution in [1.29, 1.82) is 5.26 Å². The highest BCUT2D eigenvalue weighted by molar-refractivity contribution is 5.81. The largest absolute Gasteiger partial charge is 0.491 e. The number of nitriles is 1. The van der Waals surface area contributed by atoms with Gasteiger partial charge in [-0.05, 0) is 86.9 Å². The van der Waals surface area contributed by atoms with Crippen LogP contribution in [0.25, 0.3) is 11.0 Å². The highest BCUT2D eigenvalue weighted by Crippen LogP contribution is 2.46. The van der Waals surface area contributed by atoms with Gasteiger partial charge in [0.15, 0.2) is 0 Å². The average molecular weight is 417 g/mol. The number of hydrogen-bond acceptors (Lipinski definition) is 4. The lowest BCUT2D eigenvalue weighted by Crippen LogP contribution is -2.29. The summed E-state index contributed by atoms with van der Waals surface area (Å²) >= 11 is 0. The van der Waals surface area contributed by atoms with E-state index in [4.69, 9.17) is 9.72 Å². The minimum absolute atomic E-state index is 0.147. The molecule has 4 rings (SSSR count).